The van der Waals surface area contributed by atoms with Crippen LogP contribution in [0, 0.1) is 0 Å². The fourth-order valence-electron chi connectivity index (χ4n) is 2.53. The number of carbonyl (C=O) groups is 1. The molecule has 0 saturated heterocycles. The highest BCUT2D eigenvalue weighted by Gasteiger charge is 2.23. The van der Waals surface area contributed by atoms with Gasteiger partial charge in [-0.2, -0.15) is 0 Å². The molecule has 24 heavy (non-hydrogen) atoms. The number of hydrogen-bond donors (Lipinski definition) is 3. The monoisotopic (exact) mass is 332 g/mol. The van der Waals surface area contributed by atoms with Crippen LogP contribution in [-0.4, -0.2) is 35.0 Å². The van der Waals surface area contributed by atoms with E-state index in [2.05, 4.69) is 0 Å². The Morgan fingerprint density at radius 2 is 1.83 bits per heavy atom. The average molecular weight is 332 g/mol. The first-order valence-electron chi connectivity index (χ1n) is 7.50. The van der Waals surface area contributed by atoms with E-state index in [0.717, 1.165) is 0 Å². The quantitative estimate of drug-likeness (QED) is 0.704. The maximum atomic E-state index is 12.0. The minimum atomic E-state index is -0.515. The summed E-state index contributed by atoms with van der Waals surface area (Å²) in [4.78, 5) is 12.0. The number of phenols is 3. The molecule has 0 saturated carbocycles. The zero-order valence-corrected chi connectivity index (χ0v) is 13.5. The predicted molar refractivity (Wildman–Crippen MR) is 87.5 cm³/mol. The van der Waals surface area contributed by atoms with Crippen molar-refractivity contribution in [1.29, 1.82) is 0 Å². The Labute approximate surface area is 139 Å². The van der Waals surface area contributed by atoms with Crippen molar-refractivity contribution >= 4 is 5.97 Å². The van der Waals surface area contributed by atoms with Gasteiger partial charge < -0.3 is 24.8 Å². The highest BCUT2D eigenvalue weighted by Crippen LogP contribution is 2.38. The second-order valence-electron chi connectivity index (χ2n) is 5.24. The van der Waals surface area contributed by atoms with Crippen molar-refractivity contribution in [2.75, 3.05) is 13.7 Å². The number of aromatic hydroxyl groups is 3. The molecular formula is C18H20O6. The molecule has 6 heteroatoms. The Bertz CT molecular complexity index is 725. The molecule has 6 nitrogen and oxygen atoms in total. The van der Waals surface area contributed by atoms with E-state index < -0.39 is 11.9 Å². The molecule has 0 fully saturated rings. The number of methoxy groups -OCH3 is 1. The molecule has 0 aliphatic rings. The van der Waals surface area contributed by atoms with E-state index in [1.165, 1.54) is 25.3 Å². The summed E-state index contributed by atoms with van der Waals surface area (Å²) in [5, 5.41) is 29.4. The van der Waals surface area contributed by atoms with Crippen molar-refractivity contribution in [2.45, 2.75) is 19.3 Å². The van der Waals surface area contributed by atoms with Crippen LogP contribution in [0.3, 0.4) is 0 Å². The van der Waals surface area contributed by atoms with Crippen LogP contribution in [0.5, 0.6) is 23.0 Å². The van der Waals surface area contributed by atoms with E-state index in [1.807, 2.05) is 0 Å². The van der Waals surface area contributed by atoms with Gasteiger partial charge in [-0.05, 0) is 30.7 Å². The number of ether oxygens (including phenoxy) is 2. The Balaban J connectivity index is 2.48. The lowest BCUT2D eigenvalue weighted by Gasteiger charge is -2.19. The van der Waals surface area contributed by atoms with Crippen LogP contribution in [0.25, 0.3) is 0 Å². The van der Waals surface area contributed by atoms with Crippen molar-refractivity contribution < 1.29 is 29.6 Å². The topological polar surface area (TPSA) is 96.2 Å². The van der Waals surface area contributed by atoms with Gasteiger partial charge in [0, 0.05) is 17.5 Å². The van der Waals surface area contributed by atoms with E-state index in [4.69, 9.17) is 9.47 Å². The minimum Gasteiger partial charge on any atom is -0.508 e. The molecule has 0 bridgehead atoms. The zero-order chi connectivity index (χ0) is 17.7. The highest BCUT2D eigenvalue weighted by molar-refractivity contribution is 5.72. The van der Waals surface area contributed by atoms with Gasteiger partial charge in [0.05, 0.1) is 20.1 Å². The lowest BCUT2D eigenvalue weighted by molar-refractivity contribution is -0.143. The van der Waals surface area contributed by atoms with Gasteiger partial charge in [0.15, 0.2) is 11.5 Å². The summed E-state index contributed by atoms with van der Waals surface area (Å²) in [6.45, 7) is 1.97. The zero-order valence-electron chi connectivity index (χ0n) is 13.5. The first-order chi connectivity index (χ1) is 11.5. The third-order valence-electron chi connectivity index (χ3n) is 3.67. The number of phenolic OH excluding ortho intramolecular Hbond substituents is 3. The number of esters is 1. The molecule has 2 rings (SSSR count). The second kappa shape index (κ2) is 7.59. The van der Waals surface area contributed by atoms with Crippen LogP contribution in [-0.2, 0) is 9.53 Å². The molecule has 0 spiro atoms. The van der Waals surface area contributed by atoms with Gasteiger partial charge in [0.2, 0.25) is 0 Å². The van der Waals surface area contributed by atoms with Crippen molar-refractivity contribution in [1.82, 2.24) is 0 Å². The fraction of sp³-hybridized carbons (Fsp3) is 0.278. The lowest BCUT2D eigenvalue weighted by atomic mass is 9.87. The molecule has 1 unspecified atom stereocenters. The van der Waals surface area contributed by atoms with Crippen LogP contribution < -0.4 is 4.74 Å². The molecule has 128 valence electrons. The Kier molecular flexibility index (Phi) is 5.52. The molecular weight excluding hydrogens is 312 g/mol. The molecule has 1 atom stereocenters. The van der Waals surface area contributed by atoms with Gasteiger partial charge >= 0.3 is 5.97 Å². The number of carbonyl (C=O) groups excluding carboxylic acids is 1. The molecule has 3 N–H and O–H groups in total. The van der Waals surface area contributed by atoms with Gasteiger partial charge in [-0.15, -0.1) is 0 Å². The normalized spacial score (nSPS) is 11.8. The highest BCUT2D eigenvalue weighted by atomic mass is 16.5. The van der Waals surface area contributed by atoms with E-state index >= 15 is 0 Å². The van der Waals surface area contributed by atoms with Crippen molar-refractivity contribution in [3.63, 3.8) is 0 Å². The minimum absolute atomic E-state index is 0.000104. The van der Waals surface area contributed by atoms with E-state index in [0.29, 0.717) is 11.1 Å². The van der Waals surface area contributed by atoms with Crippen LogP contribution in [0.2, 0.25) is 0 Å². The molecule has 2 aromatic carbocycles. The molecule has 0 aliphatic heterocycles. The lowest BCUT2D eigenvalue weighted by Crippen LogP contribution is -2.12. The van der Waals surface area contributed by atoms with Gasteiger partial charge in [-0.25, -0.2) is 0 Å². The fourth-order valence-corrected chi connectivity index (χ4v) is 2.53. The van der Waals surface area contributed by atoms with Gasteiger partial charge in [-0.3, -0.25) is 4.79 Å². The smallest absolute Gasteiger partial charge is 0.306 e. The van der Waals surface area contributed by atoms with Crippen LogP contribution >= 0.6 is 0 Å². The SMILES string of the molecule is CCOC(=O)CC(c1ccc(O)c(OC)c1)c1ccc(O)cc1O. The Morgan fingerprint density at radius 1 is 1.08 bits per heavy atom. The summed E-state index contributed by atoms with van der Waals surface area (Å²) in [6.07, 6.45) is 0.000104. The largest absolute Gasteiger partial charge is 0.508 e. The first kappa shape index (κ1) is 17.5. The number of rotatable bonds is 6. The Morgan fingerprint density at radius 3 is 2.46 bits per heavy atom. The third-order valence-corrected chi connectivity index (χ3v) is 3.67. The van der Waals surface area contributed by atoms with E-state index in [9.17, 15) is 20.1 Å². The Hall–Kier alpha value is -2.89. The van der Waals surface area contributed by atoms with Crippen LogP contribution in [0.15, 0.2) is 36.4 Å². The van der Waals surface area contributed by atoms with Gasteiger partial charge in [0.25, 0.3) is 0 Å². The van der Waals surface area contributed by atoms with Crippen LogP contribution in [0.4, 0.5) is 0 Å². The molecule has 0 heterocycles. The summed E-state index contributed by atoms with van der Waals surface area (Å²) < 4.78 is 10.1. The molecule has 0 amide bonds. The second-order valence-corrected chi connectivity index (χ2v) is 5.24. The molecule has 0 aliphatic carbocycles. The van der Waals surface area contributed by atoms with Crippen molar-refractivity contribution in [2.24, 2.45) is 0 Å². The molecule has 0 aromatic heterocycles. The molecule has 0 radical (unpaired) electrons. The third kappa shape index (κ3) is 3.90. The standard InChI is InChI=1S/C18H20O6/c1-3-24-18(22)10-14(13-6-5-12(19)9-16(13)21)11-4-7-15(20)17(8-11)23-2/h4-9,14,19-21H,3,10H2,1-2H3. The first-order valence-corrected chi connectivity index (χ1v) is 7.50. The van der Waals surface area contributed by atoms with E-state index in [-0.39, 0.29) is 36.0 Å². The summed E-state index contributed by atoms with van der Waals surface area (Å²) in [5.41, 5.74) is 1.13. The van der Waals surface area contributed by atoms with Gasteiger partial charge in [0.1, 0.15) is 11.5 Å². The summed E-state index contributed by atoms with van der Waals surface area (Å²) in [6, 6.07) is 8.91. The summed E-state index contributed by atoms with van der Waals surface area (Å²) in [5.74, 6) is -0.891. The maximum absolute atomic E-state index is 12.0. The van der Waals surface area contributed by atoms with Gasteiger partial charge in [-0.1, -0.05) is 12.1 Å². The average Bonchev–Trinajstić information content (AvgIpc) is 2.54. The maximum Gasteiger partial charge on any atom is 0.306 e. The predicted octanol–water partition coefficient (Wildman–Crippen LogP) is 2.90. The van der Waals surface area contributed by atoms with Crippen molar-refractivity contribution in [3.8, 4) is 23.0 Å². The number of benzene rings is 2. The molecule has 2 aromatic rings. The van der Waals surface area contributed by atoms with Crippen molar-refractivity contribution in [3.05, 3.63) is 47.5 Å². The summed E-state index contributed by atoms with van der Waals surface area (Å²) in [7, 11) is 1.43. The number of hydrogen-bond acceptors (Lipinski definition) is 6. The van der Waals surface area contributed by atoms with Crippen LogP contribution in [0.1, 0.15) is 30.4 Å². The summed E-state index contributed by atoms with van der Waals surface area (Å²) >= 11 is 0. The van der Waals surface area contributed by atoms with E-state index in [1.54, 1.807) is 25.1 Å².